The number of carbonyl (C=O) groups excluding carboxylic acids is 1. The highest BCUT2D eigenvalue weighted by Gasteiger charge is 2.07. The Bertz CT molecular complexity index is 438. The van der Waals surface area contributed by atoms with Crippen LogP contribution in [0.3, 0.4) is 0 Å². The van der Waals surface area contributed by atoms with Gasteiger partial charge in [0, 0.05) is 13.1 Å². The van der Waals surface area contributed by atoms with Crippen molar-refractivity contribution in [1.29, 1.82) is 0 Å². The summed E-state index contributed by atoms with van der Waals surface area (Å²) < 4.78 is 11.0. The number of alkyl halides is 1. The monoisotopic (exact) mass is 300 g/mol. The SMILES string of the molecule is COc1cc(CNC(=O)CCl)ccc1OCCN(C)C. The number of nitrogens with one attached hydrogen (secondary N) is 1. The Morgan fingerprint density at radius 2 is 2.10 bits per heavy atom. The summed E-state index contributed by atoms with van der Waals surface area (Å²) in [6, 6.07) is 5.58. The van der Waals surface area contributed by atoms with E-state index < -0.39 is 0 Å². The number of methoxy groups -OCH3 is 1. The zero-order valence-corrected chi connectivity index (χ0v) is 12.9. The highest BCUT2D eigenvalue weighted by molar-refractivity contribution is 6.27. The van der Waals surface area contributed by atoms with Crippen LogP contribution in [0.5, 0.6) is 11.5 Å². The van der Waals surface area contributed by atoms with Gasteiger partial charge < -0.3 is 19.7 Å². The van der Waals surface area contributed by atoms with Crippen molar-refractivity contribution >= 4 is 17.5 Å². The van der Waals surface area contributed by atoms with Gasteiger partial charge in [-0.2, -0.15) is 0 Å². The molecular formula is C14H21ClN2O3. The van der Waals surface area contributed by atoms with Gasteiger partial charge in [0.2, 0.25) is 5.91 Å². The van der Waals surface area contributed by atoms with E-state index in [1.54, 1.807) is 7.11 Å². The zero-order valence-electron chi connectivity index (χ0n) is 12.1. The van der Waals surface area contributed by atoms with Gasteiger partial charge in [-0.15, -0.1) is 11.6 Å². The number of rotatable bonds is 8. The molecule has 1 aromatic carbocycles. The first-order valence-electron chi connectivity index (χ1n) is 6.34. The van der Waals surface area contributed by atoms with E-state index in [1.807, 2.05) is 37.2 Å². The van der Waals surface area contributed by atoms with Gasteiger partial charge in [0.05, 0.1) is 7.11 Å². The largest absolute Gasteiger partial charge is 0.493 e. The normalized spacial score (nSPS) is 10.4. The second-order valence-electron chi connectivity index (χ2n) is 4.55. The lowest BCUT2D eigenvalue weighted by molar-refractivity contribution is -0.118. The van der Waals surface area contributed by atoms with E-state index in [9.17, 15) is 4.79 Å². The smallest absolute Gasteiger partial charge is 0.235 e. The van der Waals surface area contributed by atoms with Gasteiger partial charge >= 0.3 is 0 Å². The zero-order chi connectivity index (χ0) is 15.0. The third kappa shape index (κ3) is 5.67. The minimum atomic E-state index is -0.197. The fourth-order valence-electron chi connectivity index (χ4n) is 1.53. The molecule has 0 radical (unpaired) electrons. The van der Waals surface area contributed by atoms with Crippen LogP contribution in [0.1, 0.15) is 5.56 Å². The number of carbonyl (C=O) groups is 1. The van der Waals surface area contributed by atoms with Crippen LogP contribution in [-0.2, 0) is 11.3 Å². The van der Waals surface area contributed by atoms with E-state index in [0.29, 0.717) is 24.7 Å². The van der Waals surface area contributed by atoms with Crippen molar-refractivity contribution < 1.29 is 14.3 Å². The van der Waals surface area contributed by atoms with Crippen LogP contribution < -0.4 is 14.8 Å². The molecule has 6 heteroatoms. The van der Waals surface area contributed by atoms with Gasteiger partial charge in [-0.25, -0.2) is 0 Å². The molecule has 20 heavy (non-hydrogen) atoms. The van der Waals surface area contributed by atoms with Crippen molar-refractivity contribution in [2.24, 2.45) is 0 Å². The lowest BCUT2D eigenvalue weighted by atomic mass is 10.2. The van der Waals surface area contributed by atoms with E-state index in [4.69, 9.17) is 21.1 Å². The van der Waals surface area contributed by atoms with Crippen LogP contribution >= 0.6 is 11.6 Å². The Balaban J connectivity index is 2.62. The standard InChI is InChI=1S/C14H21ClN2O3/c1-17(2)6-7-20-12-5-4-11(8-13(12)19-3)10-16-14(18)9-15/h4-5,8H,6-7,9-10H2,1-3H3,(H,16,18). The second kappa shape index (κ2) is 8.66. The molecule has 0 saturated carbocycles. The van der Waals surface area contributed by atoms with Crippen LogP contribution in [0, 0.1) is 0 Å². The van der Waals surface area contributed by atoms with Gasteiger partial charge in [-0.1, -0.05) is 6.07 Å². The van der Waals surface area contributed by atoms with Gasteiger partial charge in [0.15, 0.2) is 11.5 Å². The van der Waals surface area contributed by atoms with Crippen molar-refractivity contribution in [3.8, 4) is 11.5 Å². The minimum absolute atomic E-state index is 0.0388. The molecule has 1 N–H and O–H groups in total. The number of hydrogen-bond acceptors (Lipinski definition) is 4. The predicted molar refractivity (Wildman–Crippen MR) is 79.6 cm³/mol. The summed E-state index contributed by atoms with van der Waals surface area (Å²) in [7, 11) is 5.57. The number of likely N-dealkylation sites (N-methyl/N-ethyl adjacent to an activating group) is 1. The molecule has 0 atom stereocenters. The highest BCUT2D eigenvalue weighted by Crippen LogP contribution is 2.28. The molecule has 0 saturated heterocycles. The fourth-order valence-corrected chi connectivity index (χ4v) is 1.62. The quantitative estimate of drug-likeness (QED) is 0.739. The van der Waals surface area contributed by atoms with Gasteiger partial charge in [0.1, 0.15) is 12.5 Å². The summed E-state index contributed by atoms with van der Waals surface area (Å²) >= 11 is 5.42. The van der Waals surface area contributed by atoms with Gasteiger partial charge in [-0.05, 0) is 31.8 Å². The van der Waals surface area contributed by atoms with Crippen LogP contribution in [-0.4, -0.2) is 51.0 Å². The van der Waals surface area contributed by atoms with Crippen LogP contribution in [0.2, 0.25) is 0 Å². The predicted octanol–water partition coefficient (Wildman–Crippen LogP) is 1.49. The lowest BCUT2D eigenvalue weighted by Crippen LogP contribution is -2.23. The summed E-state index contributed by atoms with van der Waals surface area (Å²) in [5.74, 6) is 1.11. The molecule has 0 spiro atoms. The first-order chi connectivity index (χ1) is 9.56. The summed E-state index contributed by atoms with van der Waals surface area (Å²) in [6.07, 6.45) is 0. The molecule has 0 aliphatic heterocycles. The number of benzene rings is 1. The third-order valence-electron chi connectivity index (χ3n) is 2.64. The van der Waals surface area contributed by atoms with E-state index in [1.165, 1.54) is 0 Å². The molecule has 0 heterocycles. The first-order valence-corrected chi connectivity index (χ1v) is 6.87. The maximum atomic E-state index is 11.1. The van der Waals surface area contributed by atoms with Gasteiger partial charge in [-0.3, -0.25) is 4.79 Å². The first kappa shape index (κ1) is 16.6. The molecule has 0 aliphatic carbocycles. The van der Waals surface area contributed by atoms with Crippen molar-refractivity contribution in [1.82, 2.24) is 10.2 Å². The Morgan fingerprint density at radius 1 is 1.35 bits per heavy atom. The Labute approximate surface area is 124 Å². The lowest BCUT2D eigenvalue weighted by Gasteiger charge is -2.14. The molecular weight excluding hydrogens is 280 g/mol. The molecule has 0 fully saturated rings. The number of nitrogens with zero attached hydrogens (tertiary/aromatic N) is 1. The van der Waals surface area contributed by atoms with E-state index in [-0.39, 0.29) is 11.8 Å². The Kier molecular flexibility index (Phi) is 7.18. The average Bonchev–Trinajstić information content (AvgIpc) is 2.45. The number of ether oxygens (including phenoxy) is 2. The molecule has 5 nitrogen and oxygen atoms in total. The molecule has 0 aromatic heterocycles. The minimum Gasteiger partial charge on any atom is -0.493 e. The molecule has 1 amide bonds. The highest BCUT2D eigenvalue weighted by atomic mass is 35.5. The number of amides is 1. The maximum Gasteiger partial charge on any atom is 0.235 e. The number of halogens is 1. The van der Waals surface area contributed by atoms with Crippen LogP contribution in [0.15, 0.2) is 18.2 Å². The van der Waals surface area contributed by atoms with Crippen molar-refractivity contribution in [2.45, 2.75) is 6.54 Å². The second-order valence-corrected chi connectivity index (χ2v) is 4.81. The topological polar surface area (TPSA) is 50.8 Å². The summed E-state index contributed by atoms with van der Waals surface area (Å²) in [5.41, 5.74) is 0.931. The van der Waals surface area contributed by atoms with Gasteiger partial charge in [0.25, 0.3) is 0 Å². The van der Waals surface area contributed by atoms with Crippen molar-refractivity contribution in [3.63, 3.8) is 0 Å². The fraction of sp³-hybridized carbons (Fsp3) is 0.500. The molecule has 1 aromatic rings. The average molecular weight is 301 g/mol. The maximum absolute atomic E-state index is 11.1. The van der Waals surface area contributed by atoms with Crippen molar-refractivity contribution in [2.75, 3.05) is 40.2 Å². The molecule has 0 unspecified atom stereocenters. The van der Waals surface area contributed by atoms with E-state index in [2.05, 4.69) is 5.32 Å². The Hall–Kier alpha value is -1.46. The van der Waals surface area contributed by atoms with E-state index >= 15 is 0 Å². The molecule has 0 bridgehead atoms. The third-order valence-corrected chi connectivity index (χ3v) is 2.88. The van der Waals surface area contributed by atoms with Crippen molar-refractivity contribution in [3.05, 3.63) is 23.8 Å². The summed E-state index contributed by atoms with van der Waals surface area (Å²) in [5, 5.41) is 2.70. The molecule has 1 rings (SSSR count). The van der Waals surface area contributed by atoms with E-state index in [0.717, 1.165) is 12.1 Å². The Morgan fingerprint density at radius 3 is 2.70 bits per heavy atom. The molecule has 0 aliphatic rings. The van der Waals surface area contributed by atoms with Crippen LogP contribution in [0.4, 0.5) is 0 Å². The van der Waals surface area contributed by atoms with Crippen LogP contribution in [0.25, 0.3) is 0 Å². The summed E-state index contributed by atoms with van der Waals surface area (Å²) in [4.78, 5) is 13.2. The number of hydrogen-bond donors (Lipinski definition) is 1. The molecule has 112 valence electrons. The summed E-state index contributed by atoms with van der Waals surface area (Å²) in [6.45, 7) is 1.84.